The Balaban J connectivity index is 0.000000175. The molecule has 20 nitrogen and oxygen atoms in total. The van der Waals surface area contributed by atoms with E-state index in [4.69, 9.17) is 17.9 Å². The number of likely N-dealkylation sites (N-methyl/N-ethyl adjacent to an activating group) is 2. The number of terminal acetylenes is 1. The molecule has 2 saturated heterocycles. The number of benzene rings is 2. The molecule has 0 saturated carbocycles. The van der Waals surface area contributed by atoms with Gasteiger partial charge in [0.25, 0.3) is 23.6 Å². The lowest BCUT2D eigenvalue weighted by Crippen LogP contribution is -2.37. The van der Waals surface area contributed by atoms with Crippen molar-refractivity contribution in [1.29, 1.82) is 0 Å². The molecule has 6 aromatic heterocycles. The predicted molar refractivity (Wildman–Crippen MR) is 264 cm³/mol. The number of nitrogens with two attached hydrogens (primary N) is 2. The van der Waals surface area contributed by atoms with Gasteiger partial charge in [-0.25, -0.2) is 19.3 Å². The van der Waals surface area contributed by atoms with E-state index in [1.54, 1.807) is 70.9 Å². The van der Waals surface area contributed by atoms with Gasteiger partial charge in [-0.15, -0.1) is 6.42 Å². The Bertz CT molecular complexity index is 3470. The average molecular weight is 1010 g/mol. The molecular formula is C49H47BrN14O6. The number of primary amides is 2. The molecule has 4 amide bonds. The Labute approximate surface area is 409 Å². The van der Waals surface area contributed by atoms with Crippen LogP contribution in [0.2, 0.25) is 0 Å². The van der Waals surface area contributed by atoms with Gasteiger partial charge < -0.3 is 31.5 Å². The minimum Gasteiger partial charge on any atom is -0.369 e. The summed E-state index contributed by atoms with van der Waals surface area (Å²) < 4.78 is 7.42. The van der Waals surface area contributed by atoms with Crippen LogP contribution in [0.4, 0.5) is 0 Å². The Morgan fingerprint density at radius 1 is 0.686 bits per heavy atom. The Hall–Kier alpha value is -8.50. The van der Waals surface area contributed by atoms with Crippen molar-refractivity contribution in [2.24, 2.45) is 25.6 Å². The number of halogens is 1. The molecule has 8 heterocycles. The highest BCUT2D eigenvalue weighted by atomic mass is 79.9. The zero-order valence-electron chi connectivity index (χ0n) is 37.6. The third-order valence-electron chi connectivity index (χ3n) is 11.3. The van der Waals surface area contributed by atoms with E-state index in [1.165, 1.54) is 14.5 Å². The summed E-state index contributed by atoms with van der Waals surface area (Å²) in [5.41, 5.74) is 14.2. The summed E-state index contributed by atoms with van der Waals surface area (Å²) in [7, 11) is 6.92. The second-order valence-electron chi connectivity index (χ2n) is 16.3. The number of hydrogen-bond acceptors (Lipinski definition) is 12. The van der Waals surface area contributed by atoms with Crippen molar-refractivity contribution < 1.29 is 29.4 Å². The summed E-state index contributed by atoms with van der Waals surface area (Å²) in [5, 5.41) is 38.5. The molecule has 8 aromatic rings. The van der Waals surface area contributed by atoms with Crippen LogP contribution in [-0.2, 0) is 23.7 Å². The maximum atomic E-state index is 12.2. The third-order valence-corrected chi connectivity index (χ3v) is 11.8. The van der Waals surface area contributed by atoms with Crippen LogP contribution in [0.1, 0.15) is 46.8 Å². The standard InChI is InChI=1S/C24H21N7O3.C17H13BrN6O.C7H9NO2.CH4/c1-29-11-9-24(34,23(29)33)8-6-15-4-3-5-17(12-15)31-22-18(20(28-31)21(25)32)13-16(14-26-22)19-7-10-30(2)27-19;1-23-6-5-14(21-23)10-7-13-15(16(19)25)22-24(17(13)20-9-10)12-4-2-3-11(18)8-12;1-3-7(10)4-5-8(2)6(7)9;/h3-5,7,10,12-14,34H,9,11H2,1-2H3,(H2,25,32);2-9H,1H3,(H2,19,25);1,10H,4-5H2,2H3;1H4/t24-;;7-;/m0.0./s1. The second kappa shape index (κ2) is 19.6. The summed E-state index contributed by atoms with van der Waals surface area (Å²) in [4.78, 5) is 59.1. The summed E-state index contributed by atoms with van der Waals surface area (Å²) in [5.74, 6) is 5.63. The van der Waals surface area contributed by atoms with Gasteiger partial charge >= 0.3 is 0 Å². The first-order chi connectivity index (χ1) is 32.9. The van der Waals surface area contributed by atoms with Gasteiger partial charge in [0.1, 0.15) is 0 Å². The van der Waals surface area contributed by atoms with E-state index in [-0.39, 0.29) is 31.1 Å². The lowest BCUT2D eigenvalue weighted by Gasteiger charge is -2.13. The molecule has 0 bridgehead atoms. The number of fused-ring (bicyclic) bond motifs is 2. The Morgan fingerprint density at radius 3 is 1.56 bits per heavy atom. The van der Waals surface area contributed by atoms with Crippen LogP contribution < -0.4 is 11.5 Å². The molecule has 21 heteroatoms. The van der Waals surface area contributed by atoms with Crippen molar-refractivity contribution in [2.75, 3.05) is 27.2 Å². The fourth-order valence-electron chi connectivity index (χ4n) is 7.60. The maximum absolute atomic E-state index is 12.2. The molecular weight excluding hydrogens is 961 g/mol. The van der Waals surface area contributed by atoms with E-state index in [1.807, 2.05) is 69.0 Å². The number of carbonyl (C=O) groups excluding carboxylic acids is 4. The summed E-state index contributed by atoms with van der Waals surface area (Å²) in [6.07, 6.45) is 12.6. The molecule has 0 spiro atoms. The van der Waals surface area contributed by atoms with Crippen LogP contribution in [0, 0.1) is 24.2 Å². The van der Waals surface area contributed by atoms with E-state index >= 15 is 0 Å². The van der Waals surface area contributed by atoms with Gasteiger partial charge in [0.05, 0.1) is 33.5 Å². The highest BCUT2D eigenvalue weighted by Crippen LogP contribution is 2.29. The quantitative estimate of drug-likeness (QED) is 0.175. The Kier molecular flexibility index (Phi) is 13.8. The second-order valence-corrected chi connectivity index (χ2v) is 17.2. The van der Waals surface area contributed by atoms with Crippen molar-refractivity contribution in [3.05, 3.63) is 119 Å². The van der Waals surface area contributed by atoms with E-state index in [0.717, 1.165) is 27.0 Å². The average Bonchev–Trinajstić information content (AvgIpc) is 4.21. The predicted octanol–water partition coefficient (Wildman–Crippen LogP) is 3.40. The maximum Gasteiger partial charge on any atom is 0.269 e. The number of rotatable bonds is 6. The number of aliphatic hydroxyl groups is 2. The summed E-state index contributed by atoms with van der Waals surface area (Å²) in [6, 6.07) is 22.0. The summed E-state index contributed by atoms with van der Waals surface area (Å²) >= 11 is 3.44. The minimum absolute atomic E-state index is 0. The van der Waals surface area contributed by atoms with Crippen LogP contribution >= 0.6 is 15.9 Å². The molecule has 70 heavy (non-hydrogen) atoms. The first kappa shape index (κ1) is 49.4. The van der Waals surface area contributed by atoms with Gasteiger partial charge in [-0.05, 0) is 60.7 Å². The third kappa shape index (κ3) is 9.75. The zero-order valence-corrected chi connectivity index (χ0v) is 39.2. The van der Waals surface area contributed by atoms with E-state index in [2.05, 4.69) is 64.1 Å². The first-order valence-electron chi connectivity index (χ1n) is 21.1. The van der Waals surface area contributed by atoms with E-state index in [9.17, 15) is 29.4 Å². The van der Waals surface area contributed by atoms with Crippen molar-refractivity contribution in [3.8, 4) is 58.1 Å². The number of carbonyl (C=O) groups is 4. The Morgan fingerprint density at radius 2 is 1.16 bits per heavy atom. The van der Waals surface area contributed by atoms with Crippen LogP contribution in [0.3, 0.4) is 0 Å². The van der Waals surface area contributed by atoms with E-state index < -0.39 is 28.9 Å². The molecule has 0 aliphatic carbocycles. The molecule has 10 rings (SSSR count). The van der Waals surface area contributed by atoms with Crippen molar-refractivity contribution in [2.45, 2.75) is 31.5 Å². The monoisotopic (exact) mass is 1010 g/mol. The molecule has 6 N–H and O–H groups in total. The molecule has 2 aliphatic rings. The lowest BCUT2D eigenvalue weighted by atomic mass is 10.0. The normalized spacial score (nSPS) is 17.2. The van der Waals surface area contributed by atoms with Crippen molar-refractivity contribution >= 4 is 61.6 Å². The number of nitrogens with zero attached hydrogens (tertiary/aromatic N) is 12. The first-order valence-corrected chi connectivity index (χ1v) is 21.9. The number of hydrogen-bond donors (Lipinski definition) is 4. The fourth-order valence-corrected chi connectivity index (χ4v) is 7.99. The largest absolute Gasteiger partial charge is 0.369 e. The van der Waals surface area contributed by atoms with Crippen molar-refractivity contribution in [3.63, 3.8) is 0 Å². The molecule has 0 unspecified atom stereocenters. The molecule has 2 atom stereocenters. The topological polar surface area (TPSA) is 264 Å². The van der Waals surface area contributed by atoms with Gasteiger partial charge in [0.2, 0.25) is 11.2 Å². The smallest absolute Gasteiger partial charge is 0.269 e. The zero-order chi connectivity index (χ0) is 49.4. The molecule has 2 aliphatic heterocycles. The van der Waals surface area contributed by atoms with Crippen LogP contribution in [0.15, 0.2) is 102 Å². The molecule has 2 aromatic carbocycles. The molecule has 0 radical (unpaired) electrons. The molecule has 2 fully saturated rings. The van der Waals surface area contributed by atoms with Crippen LogP contribution in [0.25, 0.3) is 56.0 Å². The SMILES string of the molecule is C.C#C[C@]1(O)CCN(C)C1=O.CN1CC[C@@](O)(C#Cc2cccc(-n3nc(C(N)=O)c4cc(-c5ccn(C)n5)cnc43)c2)C1=O.Cn1ccc(-c2cnc3c(c2)c(C(N)=O)nn3-c2cccc(Br)c2)n1. The van der Waals surface area contributed by atoms with Crippen LogP contribution in [-0.4, -0.2) is 131 Å². The minimum atomic E-state index is -1.69. The highest BCUT2D eigenvalue weighted by molar-refractivity contribution is 9.10. The number of pyridine rings is 2. The van der Waals surface area contributed by atoms with Gasteiger partial charge in [-0.1, -0.05) is 53.3 Å². The number of likely N-dealkylation sites (tertiary alicyclic amines) is 2. The number of amides is 4. The van der Waals surface area contributed by atoms with Gasteiger partial charge in [0, 0.05) is 100 Å². The number of aromatic nitrogens is 10. The van der Waals surface area contributed by atoms with Crippen LogP contribution in [0.5, 0.6) is 0 Å². The van der Waals surface area contributed by atoms with Crippen molar-refractivity contribution in [1.82, 2.24) is 58.9 Å². The number of aryl methyl sites for hydroxylation is 2. The van der Waals surface area contributed by atoms with E-state index in [0.29, 0.717) is 58.5 Å². The lowest BCUT2D eigenvalue weighted by molar-refractivity contribution is -0.138. The van der Waals surface area contributed by atoms with Gasteiger partial charge in [-0.3, -0.25) is 28.5 Å². The fraction of sp³-hybridized carbons (Fsp3) is 0.224. The van der Waals surface area contributed by atoms with Gasteiger partial charge in [0.15, 0.2) is 22.7 Å². The highest BCUT2D eigenvalue weighted by Gasteiger charge is 2.43. The molecule has 356 valence electrons. The van der Waals surface area contributed by atoms with Gasteiger partial charge in [-0.2, -0.15) is 20.4 Å². The summed E-state index contributed by atoms with van der Waals surface area (Å²) in [6.45, 7) is 0.991.